The van der Waals surface area contributed by atoms with E-state index in [1.807, 2.05) is 0 Å². The van der Waals surface area contributed by atoms with E-state index in [9.17, 15) is 16.8 Å². The molecule has 2 aliphatic heterocycles. The van der Waals surface area contributed by atoms with Gasteiger partial charge in [-0.3, -0.25) is 0 Å². The van der Waals surface area contributed by atoms with E-state index in [2.05, 4.69) is 11.8 Å². The van der Waals surface area contributed by atoms with Crippen molar-refractivity contribution in [3.05, 3.63) is 24.3 Å². The predicted octanol–water partition coefficient (Wildman–Crippen LogP) is 1.58. The molecule has 2 fully saturated rings. The van der Waals surface area contributed by atoms with Crippen LogP contribution < -0.4 is 0 Å². The van der Waals surface area contributed by atoms with Gasteiger partial charge in [-0.05, 0) is 43.7 Å². The summed E-state index contributed by atoms with van der Waals surface area (Å²) < 4.78 is 54.3. The molecule has 0 spiro atoms. The first-order chi connectivity index (χ1) is 12.9. The summed E-state index contributed by atoms with van der Waals surface area (Å²) in [6.07, 6.45) is 3.84. The molecule has 0 aliphatic carbocycles. The van der Waals surface area contributed by atoms with Crippen LogP contribution in [0.2, 0.25) is 0 Å². The molecule has 0 saturated carbocycles. The largest absolute Gasteiger partial charge is 0.301 e. The number of rotatable bonds is 5. The Kier molecular flexibility index (Phi) is 6.58. The molecular formula is C18H29N3O4S2. The molecule has 0 amide bonds. The van der Waals surface area contributed by atoms with Crippen LogP contribution in [0, 0.1) is 0 Å². The molecule has 0 N–H and O–H groups in total. The van der Waals surface area contributed by atoms with E-state index in [1.54, 1.807) is 0 Å². The number of hydrogen-bond acceptors (Lipinski definition) is 5. The molecule has 9 heteroatoms. The molecule has 2 saturated heterocycles. The number of benzene rings is 1. The SMILES string of the molecule is CCN1CCN(S(=O)(=O)c2ccc(S(=O)(=O)N3CCCCCC3)cc2)CC1. The summed E-state index contributed by atoms with van der Waals surface area (Å²) in [5.41, 5.74) is 0. The van der Waals surface area contributed by atoms with Gasteiger partial charge in [0, 0.05) is 39.3 Å². The second-order valence-corrected chi connectivity index (χ2v) is 11.0. The van der Waals surface area contributed by atoms with Crippen LogP contribution >= 0.6 is 0 Å². The fourth-order valence-corrected chi connectivity index (χ4v) is 6.59. The third kappa shape index (κ3) is 4.54. The number of sulfonamides is 2. The quantitative estimate of drug-likeness (QED) is 0.730. The Morgan fingerprint density at radius 3 is 1.48 bits per heavy atom. The Labute approximate surface area is 163 Å². The van der Waals surface area contributed by atoms with E-state index in [-0.39, 0.29) is 9.79 Å². The van der Waals surface area contributed by atoms with Crippen LogP contribution in [0.15, 0.2) is 34.1 Å². The van der Waals surface area contributed by atoms with Gasteiger partial charge < -0.3 is 4.90 Å². The molecule has 1 aromatic carbocycles. The molecule has 152 valence electrons. The summed E-state index contributed by atoms with van der Waals surface area (Å²) in [7, 11) is -7.15. The van der Waals surface area contributed by atoms with Crippen molar-refractivity contribution in [1.82, 2.24) is 13.5 Å². The van der Waals surface area contributed by atoms with Crippen molar-refractivity contribution in [2.45, 2.75) is 42.4 Å². The first-order valence-electron chi connectivity index (χ1n) is 9.68. The summed E-state index contributed by atoms with van der Waals surface area (Å²) in [6, 6.07) is 5.70. The van der Waals surface area contributed by atoms with Crippen LogP contribution in [0.5, 0.6) is 0 Å². The van der Waals surface area contributed by atoms with Crippen LogP contribution in [-0.4, -0.2) is 76.2 Å². The minimum Gasteiger partial charge on any atom is -0.301 e. The van der Waals surface area contributed by atoms with Gasteiger partial charge in [-0.2, -0.15) is 8.61 Å². The van der Waals surface area contributed by atoms with Gasteiger partial charge in [0.15, 0.2) is 0 Å². The minimum absolute atomic E-state index is 0.155. The summed E-state index contributed by atoms with van der Waals surface area (Å²) >= 11 is 0. The van der Waals surface area contributed by atoms with Gasteiger partial charge in [0.25, 0.3) is 0 Å². The van der Waals surface area contributed by atoms with Crippen molar-refractivity contribution >= 4 is 20.0 Å². The number of hydrogen-bond donors (Lipinski definition) is 0. The molecule has 27 heavy (non-hydrogen) atoms. The smallest absolute Gasteiger partial charge is 0.243 e. The Balaban J connectivity index is 1.76. The first-order valence-corrected chi connectivity index (χ1v) is 12.6. The van der Waals surface area contributed by atoms with Gasteiger partial charge in [-0.15, -0.1) is 0 Å². The maximum Gasteiger partial charge on any atom is 0.243 e. The molecule has 7 nitrogen and oxygen atoms in total. The van der Waals surface area contributed by atoms with Gasteiger partial charge in [-0.1, -0.05) is 19.8 Å². The van der Waals surface area contributed by atoms with E-state index >= 15 is 0 Å². The number of likely N-dealkylation sites (N-methyl/N-ethyl adjacent to an activating group) is 1. The van der Waals surface area contributed by atoms with Gasteiger partial charge in [-0.25, -0.2) is 16.8 Å². The maximum absolute atomic E-state index is 12.8. The van der Waals surface area contributed by atoms with Crippen molar-refractivity contribution in [1.29, 1.82) is 0 Å². The molecule has 0 aromatic heterocycles. The lowest BCUT2D eigenvalue weighted by atomic mass is 10.2. The number of piperazine rings is 1. The van der Waals surface area contributed by atoms with Crippen molar-refractivity contribution < 1.29 is 16.8 Å². The molecule has 0 unspecified atom stereocenters. The van der Waals surface area contributed by atoms with E-state index in [4.69, 9.17) is 0 Å². The highest BCUT2D eigenvalue weighted by atomic mass is 32.2. The Morgan fingerprint density at radius 2 is 1.07 bits per heavy atom. The lowest BCUT2D eigenvalue weighted by Crippen LogP contribution is -2.48. The normalized spacial score (nSPS) is 21.8. The first kappa shape index (κ1) is 20.7. The van der Waals surface area contributed by atoms with Gasteiger partial charge in [0.1, 0.15) is 0 Å². The van der Waals surface area contributed by atoms with Gasteiger partial charge in [0.2, 0.25) is 20.0 Å². The van der Waals surface area contributed by atoms with Gasteiger partial charge in [0.05, 0.1) is 9.79 Å². The second kappa shape index (κ2) is 8.57. The van der Waals surface area contributed by atoms with Gasteiger partial charge >= 0.3 is 0 Å². The lowest BCUT2D eigenvalue weighted by molar-refractivity contribution is 0.196. The summed E-state index contributed by atoms with van der Waals surface area (Å²) in [4.78, 5) is 2.53. The molecule has 0 bridgehead atoms. The molecule has 0 atom stereocenters. The predicted molar refractivity (Wildman–Crippen MR) is 105 cm³/mol. The average molecular weight is 416 g/mol. The van der Waals surface area contributed by atoms with Crippen LogP contribution in [-0.2, 0) is 20.0 Å². The highest BCUT2D eigenvalue weighted by molar-refractivity contribution is 7.89. The van der Waals surface area contributed by atoms with E-state index in [0.29, 0.717) is 26.2 Å². The Hall–Kier alpha value is -1.00. The molecule has 1 aromatic rings. The zero-order valence-corrected chi connectivity index (χ0v) is 17.5. The van der Waals surface area contributed by atoms with E-state index in [1.165, 1.54) is 32.9 Å². The summed E-state index contributed by atoms with van der Waals surface area (Å²) in [5.74, 6) is 0. The van der Waals surface area contributed by atoms with Crippen LogP contribution in [0.4, 0.5) is 0 Å². The fraction of sp³-hybridized carbons (Fsp3) is 0.667. The topological polar surface area (TPSA) is 78.0 Å². The monoisotopic (exact) mass is 415 g/mol. The molecule has 2 heterocycles. The van der Waals surface area contributed by atoms with Crippen LogP contribution in [0.25, 0.3) is 0 Å². The third-order valence-electron chi connectivity index (χ3n) is 5.44. The summed E-state index contributed by atoms with van der Waals surface area (Å²) in [5, 5.41) is 0. The maximum atomic E-state index is 12.8. The van der Waals surface area contributed by atoms with Crippen molar-refractivity contribution in [3.8, 4) is 0 Å². The zero-order valence-electron chi connectivity index (χ0n) is 15.9. The van der Waals surface area contributed by atoms with E-state index in [0.717, 1.165) is 45.3 Å². The molecule has 3 rings (SSSR count). The average Bonchev–Trinajstić information content (AvgIpc) is 2.98. The van der Waals surface area contributed by atoms with Crippen LogP contribution in [0.1, 0.15) is 32.6 Å². The van der Waals surface area contributed by atoms with Crippen LogP contribution in [0.3, 0.4) is 0 Å². The standard InChI is InChI=1S/C18H29N3O4S2/c1-2-19-13-15-21(16-14-19)27(24,25)18-9-7-17(8-10-18)26(22,23)20-11-5-3-4-6-12-20/h7-10H,2-6,11-16H2,1H3. The van der Waals surface area contributed by atoms with E-state index < -0.39 is 20.0 Å². The molecular weight excluding hydrogens is 386 g/mol. The van der Waals surface area contributed by atoms with Crippen molar-refractivity contribution in [2.75, 3.05) is 45.8 Å². The zero-order chi connectivity index (χ0) is 19.5. The second-order valence-electron chi connectivity index (χ2n) is 7.13. The fourth-order valence-electron chi connectivity index (χ4n) is 3.65. The number of nitrogens with zero attached hydrogens (tertiary/aromatic N) is 3. The minimum atomic E-state index is -3.59. The summed E-state index contributed by atoms with van der Waals surface area (Å²) in [6.45, 7) is 6.40. The van der Waals surface area contributed by atoms with Crippen molar-refractivity contribution in [3.63, 3.8) is 0 Å². The highest BCUT2D eigenvalue weighted by Crippen LogP contribution is 2.23. The highest BCUT2D eigenvalue weighted by Gasteiger charge is 2.29. The molecule has 0 radical (unpaired) electrons. The van der Waals surface area contributed by atoms with Crippen molar-refractivity contribution in [2.24, 2.45) is 0 Å². The third-order valence-corrected chi connectivity index (χ3v) is 9.27. The Morgan fingerprint density at radius 1 is 0.667 bits per heavy atom. The Bertz CT molecular complexity index is 822. The molecule has 2 aliphatic rings. The lowest BCUT2D eigenvalue weighted by Gasteiger charge is -2.33.